The van der Waals surface area contributed by atoms with Gasteiger partial charge in [0.05, 0.1) is 10.2 Å². The van der Waals surface area contributed by atoms with Gasteiger partial charge in [0.15, 0.2) is 0 Å². The van der Waals surface area contributed by atoms with Gasteiger partial charge in [-0.3, -0.25) is 0 Å². The molecule has 0 atom stereocenters. The van der Waals surface area contributed by atoms with E-state index in [9.17, 15) is 0 Å². The van der Waals surface area contributed by atoms with E-state index in [1.54, 1.807) is 0 Å². The molecule has 0 unspecified atom stereocenters. The average molecular weight is 238 g/mol. The number of hydrogen-bond acceptors (Lipinski definition) is 6. The summed E-state index contributed by atoms with van der Waals surface area (Å²) in [7, 11) is 0. The topological polar surface area (TPSA) is 290 Å². The average Bonchev–Trinajstić information content (AvgIpc) is 1.25. The molecule has 0 saturated carbocycles. The van der Waals surface area contributed by atoms with Gasteiger partial charge in [-0.1, -0.05) is 0 Å². The molecule has 0 bridgehead atoms. The van der Waals surface area contributed by atoms with Crippen LogP contribution < -0.4 is 0 Å². The van der Waals surface area contributed by atoms with E-state index in [4.69, 9.17) is 30.6 Å². The largest absolute Gasteiger partial charge is 2.00 e. The van der Waals surface area contributed by atoms with Crippen LogP contribution in [0.3, 0.4) is 0 Å². The quantitative estimate of drug-likeness (QED) is 0.225. The Bertz CT molecular complexity index is 71.3. The molecule has 13 nitrogen and oxygen atoms in total. The molecule has 88 valence electrons. The van der Waals surface area contributed by atoms with Crippen molar-refractivity contribution in [1.29, 1.82) is 0 Å². The van der Waals surface area contributed by atoms with Crippen molar-refractivity contribution in [2.75, 3.05) is 0 Å². The second kappa shape index (κ2) is 58.3. The summed E-state index contributed by atoms with van der Waals surface area (Å²) < 4.78 is 0. The maximum absolute atomic E-state index is 8.25. The molecule has 0 aromatic carbocycles. The van der Waals surface area contributed by atoms with Gasteiger partial charge in [-0.15, -0.1) is 0 Å². The maximum atomic E-state index is 8.25. The van der Waals surface area contributed by atoms with Crippen LogP contribution in [0.1, 0.15) is 0 Å². The van der Waals surface area contributed by atoms with E-state index in [1.807, 2.05) is 0 Å². The van der Waals surface area contributed by atoms with Crippen LogP contribution in [0.15, 0.2) is 0 Å². The molecule has 0 spiro atoms. The van der Waals surface area contributed by atoms with E-state index in [0.29, 0.717) is 0 Å². The van der Waals surface area contributed by atoms with E-state index in [1.165, 1.54) is 0 Å². The van der Waals surface area contributed by atoms with Crippen molar-refractivity contribution >= 4 is 23.1 Å². The molecule has 0 aromatic rings. The van der Waals surface area contributed by atoms with Gasteiger partial charge in [0.1, 0.15) is 0 Å². The third kappa shape index (κ3) is 1020. The monoisotopic (exact) mass is 238 g/mol. The van der Waals surface area contributed by atoms with Gasteiger partial charge >= 0.3 is 23.1 Å². The Morgan fingerprint density at radius 1 is 0.571 bits per heavy atom. The summed E-state index contributed by atoms with van der Waals surface area (Å²) in [5, 5.41) is 29.5. The Labute approximate surface area is 91.9 Å². The molecule has 0 saturated heterocycles. The van der Waals surface area contributed by atoms with Crippen LogP contribution in [0.4, 0.5) is 0 Å². The zero-order valence-corrected chi connectivity index (χ0v) is 7.97. The molecule has 0 aliphatic heterocycles. The molecule has 0 amide bonds. The normalized spacial score (nSPS) is 3.43. The van der Waals surface area contributed by atoms with Crippen LogP contribution in [0.2, 0.25) is 0 Å². The third-order valence-corrected chi connectivity index (χ3v) is 0. The Hall–Kier alpha value is -1.03. The van der Waals surface area contributed by atoms with Crippen molar-refractivity contribution in [3.05, 3.63) is 30.6 Å². The van der Waals surface area contributed by atoms with Gasteiger partial charge in [-0.05, 0) is 0 Å². The van der Waals surface area contributed by atoms with E-state index in [2.05, 4.69) is 0 Å². The van der Waals surface area contributed by atoms with Gasteiger partial charge in [0.25, 0.3) is 0 Å². The second-order valence-corrected chi connectivity index (χ2v) is 0.447. The molecule has 14 heavy (non-hydrogen) atoms. The smallest absolute Gasteiger partial charge is 0.412 e. The van der Waals surface area contributed by atoms with E-state index in [-0.39, 0.29) is 50.4 Å². The molecule has 14 heteroatoms. The summed E-state index contributed by atoms with van der Waals surface area (Å²) in [6.07, 6.45) is 0. The molecule has 0 aromatic heterocycles. The predicted octanol–water partition coefficient (Wildman–Crippen LogP) is -4.98. The second-order valence-electron chi connectivity index (χ2n) is 0.447. The Morgan fingerprint density at radius 2 is 0.571 bits per heavy atom. The van der Waals surface area contributed by atoms with Gasteiger partial charge in [-0.2, -0.15) is 0 Å². The Kier molecular flexibility index (Phi) is 314. The fourth-order valence-corrected chi connectivity index (χ4v) is 0. The Morgan fingerprint density at radius 3 is 0.571 bits per heavy atom. The van der Waals surface area contributed by atoms with Crippen molar-refractivity contribution in [2.24, 2.45) is 0 Å². The molecule has 0 aliphatic rings. The number of rotatable bonds is 0. The van der Waals surface area contributed by atoms with Crippen LogP contribution >= 0.6 is 0 Å². The first-order valence-electron chi connectivity index (χ1n) is 1.10. The molecule has 0 rings (SSSR count). The maximum Gasteiger partial charge on any atom is 2.00 e. The van der Waals surface area contributed by atoms with Gasteiger partial charge < -0.3 is 58.0 Å². The molecule has 0 aliphatic carbocycles. The zero-order valence-electron chi connectivity index (χ0n) is 6.55. The minimum absolute atomic E-state index is 0. The molecule has 0 radical (unpaired) electrons. The molecule has 10 N–H and O–H groups in total. The van der Waals surface area contributed by atoms with Crippen LogP contribution in [-0.4, -0.2) is 60.6 Å². The Balaban J connectivity index is -0.00000000600. The summed E-state index contributed by atoms with van der Waals surface area (Å²) in [6.45, 7) is 0. The molecular formula is H10MgN2O11. The minimum Gasteiger partial charge on any atom is -0.412 e. The first-order valence-corrected chi connectivity index (χ1v) is 1.10. The van der Waals surface area contributed by atoms with E-state index in [0.717, 1.165) is 0 Å². The third-order valence-electron chi connectivity index (χ3n) is 0. The van der Waals surface area contributed by atoms with Crippen LogP contribution in [0.25, 0.3) is 0 Å². The van der Waals surface area contributed by atoms with E-state index < -0.39 is 10.2 Å². The van der Waals surface area contributed by atoms with E-state index >= 15 is 0 Å². The van der Waals surface area contributed by atoms with Crippen LogP contribution in [-0.2, 0) is 0 Å². The predicted molar refractivity (Wildman–Crippen MR) is 44.5 cm³/mol. The van der Waals surface area contributed by atoms with Crippen molar-refractivity contribution < 1.29 is 37.6 Å². The zero-order chi connectivity index (χ0) is 7.15. The first kappa shape index (κ1) is 75.3. The summed E-state index contributed by atoms with van der Waals surface area (Å²) in [5.74, 6) is 0. The summed E-state index contributed by atoms with van der Waals surface area (Å²) in [4.78, 5) is 16.5. The first-order chi connectivity index (χ1) is 3.46. The molecule has 0 heterocycles. The fraction of sp³-hybridized carbons (Fsp3) is 0. The van der Waals surface area contributed by atoms with Crippen molar-refractivity contribution in [3.63, 3.8) is 0 Å². The van der Waals surface area contributed by atoms with Crippen molar-refractivity contribution in [2.45, 2.75) is 0 Å². The standard InChI is InChI=1S/Mg.2NO3.5H2O/c;2*2-1(3)4;;;;;/h;;;5*1H2/q+2;2*-1;;;;;. The van der Waals surface area contributed by atoms with Crippen LogP contribution in [0.5, 0.6) is 0 Å². The molecule has 0 fully saturated rings. The number of nitrogens with zero attached hydrogens (tertiary/aromatic N) is 2. The summed E-state index contributed by atoms with van der Waals surface area (Å²) in [5.41, 5.74) is 0. The van der Waals surface area contributed by atoms with Gasteiger partial charge in [0.2, 0.25) is 0 Å². The van der Waals surface area contributed by atoms with Crippen molar-refractivity contribution in [1.82, 2.24) is 0 Å². The van der Waals surface area contributed by atoms with Gasteiger partial charge in [-0.25, -0.2) is 0 Å². The van der Waals surface area contributed by atoms with Crippen LogP contribution in [0, 0.1) is 30.6 Å². The SMILES string of the molecule is O.O.O.O.O.O=[N+]([O-])[O-].O=[N+]([O-])[O-].[Mg+2]. The van der Waals surface area contributed by atoms with Crippen molar-refractivity contribution in [3.8, 4) is 0 Å². The number of hydrogen-bond donors (Lipinski definition) is 0. The molecular weight excluding hydrogens is 228 g/mol. The minimum atomic E-state index is -1.75. The summed E-state index contributed by atoms with van der Waals surface area (Å²) in [6, 6.07) is 0. The fourth-order valence-electron chi connectivity index (χ4n) is 0. The summed E-state index contributed by atoms with van der Waals surface area (Å²) >= 11 is 0. The van der Waals surface area contributed by atoms with Gasteiger partial charge in [0, 0.05) is 0 Å².